The van der Waals surface area contributed by atoms with Crippen molar-refractivity contribution in [2.75, 3.05) is 39.3 Å². The highest BCUT2D eigenvalue weighted by molar-refractivity contribution is 7.89. The largest absolute Gasteiger partial charge is 0.334 e. The molecule has 1 atom stereocenters. The fraction of sp³-hybridized carbons (Fsp3) is 0.667. The van der Waals surface area contributed by atoms with Crippen molar-refractivity contribution in [1.82, 2.24) is 14.1 Å². The number of sulfonamides is 1. The first-order valence-electron chi connectivity index (χ1n) is 10.7. The second kappa shape index (κ2) is 8.51. The first-order chi connectivity index (χ1) is 13.6. The zero-order valence-corrected chi connectivity index (χ0v) is 17.4. The van der Waals surface area contributed by atoms with Gasteiger partial charge in [0.1, 0.15) is 0 Å². The van der Waals surface area contributed by atoms with E-state index in [0.717, 1.165) is 58.3 Å². The van der Waals surface area contributed by atoms with Crippen molar-refractivity contribution in [3.63, 3.8) is 0 Å². The summed E-state index contributed by atoms with van der Waals surface area (Å²) in [6.07, 6.45) is 7.55. The fourth-order valence-electron chi connectivity index (χ4n) is 4.75. The van der Waals surface area contributed by atoms with E-state index in [1.165, 1.54) is 12.8 Å². The minimum atomic E-state index is -3.45. The average Bonchev–Trinajstić information content (AvgIpc) is 3.41. The molecule has 0 radical (unpaired) electrons. The highest BCUT2D eigenvalue weighted by Crippen LogP contribution is 2.24. The number of carbonyl (C=O) groups is 1. The maximum absolute atomic E-state index is 13.0. The Morgan fingerprint density at radius 2 is 1.50 bits per heavy atom. The third-order valence-corrected chi connectivity index (χ3v) is 8.27. The van der Waals surface area contributed by atoms with Crippen molar-refractivity contribution >= 4 is 15.9 Å². The second-order valence-corrected chi connectivity index (χ2v) is 10.2. The van der Waals surface area contributed by atoms with E-state index >= 15 is 0 Å². The Bertz CT molecular complexity index is 782. The van der Waals surface area contributed by atoms with Crippen LogP contribution in [-0.4, -0.2) is 73.7 Å². The topological polar surface area (TPSA) is 60.9 Å². The van der Waals surface area contributed by atoms with Crippen molar-refractivity contribution in [2.45, 2.75) is 55.9 Å². The molecule has 3 aliphatic rings. The Balaban J connectivity index is 1.44. The molecule has 3 aliphatic heterocycles. The van der Waals surface area contributed by atoms with E-state index in [9.17, 15) is 13.2 Å². The van der Waals surface area contributed by atoms with Crippen LogP contribution in [-0.2, 0) is 10.0 Å². The number of piperidine rings is 1. The lowest BCUT2D eigenvalue weighted by atomic mass is 10.1. The number of hydrogen-bond acceptors (Lipinski definition) is 4. The van der Waals surface area contributed by atoms with Gasteiger partial charge in [-0.3, -0.25) is 4.79 Å². The minimum absolute atomic E-state index is 0.0311. The molecule has 3 heterocycles. The molecule has 154 valence electrons. The molecule has 0 N–H and O–H groups in total. The molecule has 0 bridgehead atoms. The summed E-state index contributed by atoms with van der Waals surface area (Å²) >= 11 is 0. The van der Waals surface area contributed by atoms with E-state index in [1.807, 2.05) is 4.90 Å². The zero-order valence-electron chi connectivity index (χ0n) is 16.6. The van der Waals surface area contributed by atoms with Crippen molar-refractivity contribution < 1.29 is 13.2 Å². The van der Waals surface area contributed by atoms with E-state index in [0.29, 0.717) is 23.5 Å². The van der Waals surface area contributed by atoms with Gasteiger partial charge in [0, 0.05) is 37.8 Å². The number of hydrogen-bond donors (Lipinski definition) is 0. The van der Waals surface area contributed by atoms with Gasteiger partial charge in [-0.05, 0) is 75.9 Å². The van der Waals surface area contributed by atoms with E-state index in [4.69, 9.17) is 0 Å². The average molecular weight is 406 g/mol. The van der Waals surface area contributed by atoms with Crippen molar-refractivity contribution in [3.8, 4) is 0 Å². The smallest absolute Gasteiger partial charge is 0.254 e. The predicted octanol–water partition coefficient (Wildman–Crippen LogP) is 2.56. The van der Waals surface area contributed by atoms with Crippen LogP contribution in [0.25, 0.3) is 0 Å². The van der Waals surface area contributed by atoms with Gasteiger partial charge in [-0.15, -0.1) is 0 Å². The monoisotopic (exact) mass is 405 g/mol. The maximum atomic E-state index is 13.0. The van der Waals surface area contributed by atoms with Crippen LogP contribution in [0.4, 0.5) is 0 Å². The minimum Gasteiger partial charge on any atom is -0.334 e. The first-order valence-corrected chi connectivity index (χ1v) is 12.1. The molecule has 0 aliphatic carbocycles. The number of carbonyl (C=O) groups excluding carboxylic acids is 1. The van der Waals surface area contributed by atoms with Gasteiger partial charge in [0.2, 0.25) is 10.0 Å². The molecule has 1 aromatic rings. The summed E-state index contributed by atoms with van der Waals surface area (Å²) in [5.74, 6) is 0.0311. The van der Waals surface area contributed by atoms with Crippen molar-refractivity contribution in [1.29, 1.82) is 0 Å². The summed E-state index contributed by atoms with van der Waals surface area (Å²) in [5, 5.41) is 0. The van der Waals surface area contributed by atoms with Crippen LogP contribution in [0, 0.1) is 0 Å². The van der Waals surface area contributed by atoms with Gasteiger partial charge in [0.25, 0.3) is 5.91 Å². The molecule has 6 nitrogen and oxygen atoms in total. The highest BCUT2D eigenvalue weighted by atomic mass is 32.2. The summed E-state index contributed by atoms with van der Waals surface area (Å²) in [7, 11) is -3.45. The van der Waals surface area contributed by atoms with Crippen LogP contribution in [0.5, 0.6) is 0 Å². The molecule has 1 amide bonds. The molecule has 0 unspecified atom stereocenters. The van der Waals surface area contributed by atoms with E-state index in [-0.39, 0.29) is 11.9 Å². The SMILES string of the molecule is O=C(c1ccc(S(=O)(=O)N2CCCCC2)cc1)N1CCC[C@H]1CN1CCCC1. The first kappa shape index (κ1) is 19.9. The second-order valence-electron chi connectivity index (χ2n) is 8.29. The molecule has 0 spiro atoms. The molecule has 7 heteroatoms. The Labute approximate surface area is 168 Å². The quantitative estimate of drug-likeness (QED) is 0.755. The Morgan fingerprint density at radius 1 is 0.857 bits per heavy atom. The van der Waals surface area contributed by atoms with Crippen LogP contribution in [0.15, 0.2) is 29.2 Å². The molecule has 0 aromatic heterocycles. The molecule has 3 saturated heterocycles. The Morgan fingerprint density at radius 3 is 2.18 bits per heavy atom. The summed E-state index contributed by atoms with van der Waals surface area (Å²) in [4.78, 5) is 17.8. The molecule has 3 fully saturated rings. The predicted molar refractivity (Wildman–Crippen MR) is 109 cm³/mol. The third-order valence-electron chi connectivity index (χ3n) is 6.36. The van der Waals surface area contributed by atoms with Gasteiger partial charge in [-0.1, -0.05) is 6.42 Å². The van der Waals surface area contributed by atoms with Gasteiger partial charge in [0.15, 0.2) is 0 Å². The molecule has 0 saturated carbocycles. The molecular formula is C21H31N3O3S. The summed E-state index contributed by atoms with van der Waals surface area (Å²) in [5.41, 5.74) is 0.589. The fourth-order valence-corrected chi connectivity index (χ4v) is 6.26. The van der Waals surface area contributed by atoms with E-state index in [2.05, 4.69) is 4.90 Å². The molecule has 28 heavy (non-hydrogen) atoms. The van der Waals surface area contributed by atoms with Crippen LogP contribution in [0.1, 0.15) is 55.3 Å². The normalized spacial score (nSPS) is 24.7. The van der Waals surface area contributed by atoms with Gasteiger partial charge < -0.3 is 9.80 Å². The Hall–Kier alpha value is -1.44. The highest BCUT2D eigenvalue weighted by Gasteiger charge is 2.32. The molecule has 4 rings (SSSR count). The standard InChI is InChI=1S/C21H31N3O3S/c25-21(24-16-6-7-19(24)17-22-12-4-5-13-22)18-8-10-20(11-9-18)28(26,27)23-14-2-1-3-15-23/h8-11,19H,1-7,12-17H2/t19-/m0/s1. The molecule has 1 aromatic carbocycles. The lowest BCUT2D eigenvalue weighted by Gasteiger charge is -2.29. The third kappa shape index (κ3) is 4.11. The van der Waals surface area contributed by atoms with Crippen molar-refractivity contribution in [3.05, 3.63) is 29.8 Å². The van der Waals surface area contributed by atoms with Gasteiger partial charge in [-0.2, -0.15) is 4.31 Å². The molecular weight excluding hydrogens is 374 g/mol. The zero-order chi connectivity index (χ0) is 19.6. The summed E-state index contributed by atoms with van der Waals surface area (Å²) in [6.45, 7) is 5.23. The van der Waals surface area contributed by atoms with E-state index in [1.54, 1.807) is 28.6 Å². The number of amides is 1. The summed E-state index contributed by atoms with van der Waals surface area (Å²) < 4.78 is 27.2. The number of likely N-dealkylation sites (tertiary alicyclic amines) is 2. The van der Waals surface area contributed by atoms with Gasteiger partial charge >= 0.3 is 0 Å². The maximum Gasteiger partial charge on any atom is 0.254 e. The summed E-state index contributed by atoms with van der Waals surface area (Å²) in [6, 6.07) is 6.85. The number of benzene rings is 1. The van der Waals surface area contributed by atoms with Crippen LogP contribution < -0.4 is 0 Å². The van der Waals surface area contributed by atoms with Gasteiger partial charge in [0.05, 0.1) is 4.90 Å². The number of rotatable bonds is 5. The van der Waals surface area contributed by atoms with Crippen LogP contribution >= 0.6 is 0 Å². The Kier molecular flexibility index (Phi) is 6.04. The van der Waals surface area contributed by atoms with Crippen LogP contribution in [0.2, 0.25) is 0 Å². The van der Waals surface area contributed by atoms with E-state index < -0.39 is 10.0 Å². The number of nitrogens with zero attached hydrogens (tertiary/aromatic N) is 3. The van der Waals surface area contributed by atoms with Crippen LogP contribution in [0.3, 0.4) is 0 Å². The lowest BCUT2D eigenvalue weighted by Crippen LogP contribution is -2.42. The van der Waals surface area contributed by atoms with Crippen molar-refractivity contribution in [2.24, 2.45) is 0 Å². The lowest BCUT2D eigenvalue weighted by molar-refractivity contribution is 0.0708. The van der Waals surface area contributed by atoms with Gasteiger partial charge in [-0.25, -0.2) is 8.42 Å².